The Labute approximate surface area is 244 Å². The normalized spacial score (nSPS) is 11.6. The molecule has 0 aliphatic rings. The summed E-state index contributed by atoms with van der Waals surface area (Å²) < 4.78 is 10.8. The maximum absolute atomic E-state index is 13.1. The molecule has 0 fully saturated rings. The number of phenolic OH excluding ortho intramolecular Hbond substituents is 1. The van der Waals surface area contributed by atoms with Crippen LogP contribution in [0.1, 0.15) is 96.8 Å². The fraction of sp³-hybridized carbons (Fsp3) is 0.400. The second-order valence-electron chi connectivity index (χ2n) is 10.0. The molecule has 6 nitrogen and oxygen atoms in total. The van der Waals surface area contributed by atoms with Crippen LogP contribution in [0.15, 0.2) is 84.9 Å². The monoisotopic (exact) mass is 560 g/mol. The number of aromatic hydroxyl groups is 1. The highest BCUT2D eigenvalue weighted by atomic mass is 16.5. The van der Waals surface area contributed by atoms with Crippen molar-refractivity contribution in [3.63, 3.8) is 0 Å². The SMILES string of the molecule is CCCC(CC)CCOC(=O)c1ccccc1O.CCCCC(OC)(C(=O)c1ccccc1)C(=O)c1ccccc1. The number of esters is 1. The number of hydrogen-bond donors (Lipinski definition) is 1. The maximum atomic E-state index is 13.1. The molecule has 41 heavy (non-hydrogen) atoms. The lowest BCUT2D eigenvalue weighted by Gasteiger charge is -2.29. The highest BCUT2D eigenvalue weighted by Crippen LogP contribution is 2.28. The van der Waals surface area contributed by atoms with Crippen molar-refractivity contribution in [1.29, 1.82) is 0 Å². The van der Waals surface area contributed by atoms with Crippen LogP contribution >= 0.6 is 0 Å². The lowest BCUT2D eigenvalue weighted by molar-refractivity contribution is 0.00382. The number of carbonyl (C=O) groups is 3. The first-order chi connectivity index (χ1) is 19.8. The lowest BCUT2D eigenvalue weighted by Crippen LogP contribution is -2.48. The number of rotatable bonds is 15. The summed E-state index contributed by atoms with van der Waals surface area (Å²) in [6.45, 7) is 6.77. The molecular formula is C35H44O6. The largest absolute Gasteiger partial charge is 0.507 e. The first-order valence-electron chi connectivity index (χ1n) is 14.5. The standard InChI is InChI=1S/C20H22O3.C15H22O3/c1-3-4-15-20(23-2,18(21)16-11-7-5-8-12-16)19(22)17-13-9-6-10-14-17;1-3-7-12(4-2)10-11-18-15(17)13-8-5-6-9-14(13)16/h5-14H,3-4,15H2,1-2H3;5-6,8-9,12,16H,3-4,7,10-11H2,1-2H3. The summed E-state index contributed by atoms with van der Waals surface area (Å²) in [6, 6.07) is 24.2. The molecule has 0 aromatic heterocycles. The minimum absolute atomic E-state index is 0.0249. The Bertz CT molecular complexity index is 1150. The molecule has 0 heterocycles. The third kappa shape index (κ3) is 9.68. The number of Topliss-reactive ketones (excluding diaryl/α,β-unsaturated/α-hetero) is 2. The Balaban J connectivity index is 0.000000296. The van der Waals surface area contributed by atoms with Crippen molar-refractivity contribution in [2.75, 3.05) is 13.7 Å². The number of hydrogen-bond acceptors (Lipinski definition) is 6. The molecule has 1 atom stereocenters. The zero-order valence-electron chi connectivity index (χ0n) is 24.8. The van der Waals surface area contributed by atoms with E-state index in [4.69, 9.17) is 9.47 Å². The van der Waals surface area contributed by atoms with E-state index in [1.54, 1.807) is 66.7 Å². The van der Waals surface area contributed by atoms with Gasteiger partial charge in [0.1, 0.15) is 11.3 Å². The number of para-hydroxylation sites is 1. The van der Waals surface area contributed by atoms with E-state index in [2.05, 4.69) is 13.8 Å². The smallest absolute Gasteiger partial charge is 0.341 e. The molecule has 0 bridgehead atoms. The molecule has 0 amide bonds. The van der Waals surface area contributed by atoms with Crippen LogP contribution in [-0.2, 0) is 9.47 Å². The molecule has 6 heteroatoms. The number of ketones is 2. The van der Waals surface area contributed by atoms with Crippen molar-refractivity contribution in [2.45, 2.75) is 71.3 Å². The first kappa shape index (κ1) is 33.4. The summed E-state index contributed by atoms with van der Waals surface area (Å²) in [7, 11) is 1.44. The van der Waals surface area contributed by atoms with Gasteiger partial charge in [-0.15, -0.1) is 0 Å². The van der Waals surface area contributed by atoms with Gasteiger partial charge in [-0.1, -0.05) is 119 Å². The number of ether oxygens (including phenoxy) is 2. The van der Waals surface area contributed by atoms with Crippen molar-refractivity contribution in [2.24, 2.45) is 5.92 Å². The minimum atomic E-state index is -1.46. The van der Waals surface area contributed by atoms with Crippen LogP contribution in [0, 0.1) is 5.92 Å². The molecule has 0 aliphatic heterocycles. The van der Waals surface area contributed by atoms with Gasteiger partial charge in [-0.3, -0.25) is 9.59 Å². The van der Waals surface area contributed by atoms with Crippen LogP contribution in [-0.4, -0.2) is 42.0 Å². The lowest BCUT2D eigenvalue weighted by atomic mass is 9.81. The van der Waals surface area contributed by atoms with Crippen molar-refractivity contribution in [3.8, 4) is 5.75 Å². The van der Waals surface area contributed by atoms with E-state index in [9.17, 15) is 19.5 Å². The molecule has 0 aliphatic carbocycles. The molecule has 0 radical (unpaired) electrons. The molecule has 3 aromatic rings. The molecule has 3 rings (SSSR count). The fourth-order valence-corrected chi connectivity index (χ4v) is 4.69. The van der Waals surface area contributed by atoms with E-state index in [0.717, 1.165) is 32.1 Å². The number of benzene rings is 3. The molecule has 1 N–H and O–H groups in total. The third-order valence-corrected chi connectivity index (χ3v) is 7.19. The summed E-state index contributed by atoms with van der Waals surface area (Å²) in [4.78, 5) is 37.9. The van der Waals surface area contributed by atoms with E-state index >= 15 is 0 Å². The van der Waals surface area contributed by atoms with Gasteiger partial charge in [-0.05, 0) is 37.3 Å². The number of carbonyl (C=O) groups excluding carboxylic acids is 3. The van der Waals surface area contributed by atoms with Crippen LogP contribution in [0.4, 0.5) is 0 Å². The van der Waals surface area contributed by atoms with E-state index < -0.39 is 11.6 Å². The maximum Gasteiger partial charge on any atom is 0.341 e. The summed E-state index contributed by atoms with van der Waals surface area (Å²) in [5.74, 6) is -0.402. The van der Waals surface area contributed by atoms with Gasteiger partial charge in [-0.2, -0.15) is 0 Å². The van der Waals surface area contributed by atoms with Crippen LogP contribution in [0.3, 0.4) is 0 Å². The number of methoxy groups -OCH3 is 1. The summed E-state index contributed by atoms with van der Waals surface area (Å²) >= 11 is 0. The van der Waals surface area contributed by atoms with Crippen LogP contribution in [0.25, 0.3) is 0 Å². The molecule has 1 unspecified atom stereocenters. The zero-order chi connectivity index (χ0) is 30.1. The average molecular weight is 561 g/mol. The van der Waals surface area contributed by atoms with E-state index in [-0.39, 0.29) is 22.9 Å². The highest BCUT2D eigenvalue weighted by molar-refractivity contribution is 6.22. The Hall–Kier alpha value is -3.77. The Morgan fingerprint density at radius 1 is 0.756 bits per heavy atom. The van der Waals surface area contributed by atoms with Gasteiger partial charge in [0.05, 0.1) is 6.61 Å². The number of phenols is 1. The van der Waals surface area contributed by atoms with Gasteiger partial charge in [0, 0.05) is 18.2 Å². The molecule has 0 spiro atoms. The predicted octanol–water partition coefficient (Wildman–Crippen LogP) is 8.09. The highest BCUT2D eigenvalue weighted by Gasteiger charge is 2.46. The minimum Gasteiger partial charge on any atom is -0.507 e. The quantitative estimate of drug-likeness (QED) is 0.115. The summed E-state index contributed by atoms with van der Waals surface area (Å²) in [5, 5.41) is 9.52. The Kier molecular flexibility index (Phi) is 14.5. The van der Waals surface area contributed by atoms with E-state index in [1.807, 2.05) is 19.1 Å². The van der Waals surface area contributed by atoms with Gasteiger partial charge >= 0.3 is 5.97 Å². The Morgan fingerprint density at radius 3 is 1.76 bits per heavy atom. The van der Waals surface area contributed by atoms with E-state index in [0.29, 0.717) is 30.1 Å². The fourth-order valence-electron chi connectivity index (χ4n) is 4.69. The zero-order valence-corrected chi connectivity index (χ0v) is 24.8. The number of unbranched alkanes of at least 4 members (excludes halogenated alkanes) is 1. The summed E-state index contributed by atoms with van der Waals surface area (Å²) in [5.41, 5.74) is -0.232. The van der Waals surface area contributed by atoms with Crippen molar-refractivity contribution < 1.29 is 29.0 Å². The third-order valence-electron chi connectivity index (χ3n) is 7.19. The molecule has 3 aromatic carbocycles. The average Bonchev–Trinajstić information content (AvgIpc) is 3.02. The van der Waals surface area contributed by atoms with Gasteiger partial charge < -0.3 is 14.6 Å². The summed E-state index contributed by atoms with van der Waals surface area (Å²) in [6.07, 6.45) is 6.34. The molecule has 0 saturated carbocycles. The second kappa shape index (κ2) is 17.8. The second-order valence-corrected chi connectivity index (χ2v) is 10.0. The van der Waals surface area contributed by atoms with Gasteiger partial charge in [0.2, 0.25) is 11.6 Å². The van der Waals surface area contributed by atoms with Gasteiger partial charge in [-0.25, -0.2) is 4.79 Å². The van der Waals surface area contributed by atoms with Crippen LogP contribution in [0.2, 0.25) is 0 Å². The topological polar surface area (TPSA) is 89.9 Å². The Morgan fingerprint density at radius 2 is 1.29 bits per heavy atom. The first-order valence-corrected chi connectivity index (χ1v) is 14.5. The van der Waals surface area contributed by atoms with Crippen LogP contribution in [0.5, 0.6) is 5.75 Å². The van der Waals surface area contributed by atoms with Crippen molar-refractivity contribution in [3.05, 3.63) is 102 Å². The van der Waals surface area contributed by atoms with Crippen LogP contribution < -0.4 is 0 Å². The van der Waals surface area contributed by atoms with Gasteiger partial charge in [0.15, 0.2) is 5.60 Å². The molecular weight excluding hydrogens is 516 g/mol. The van der Waals surface area contributed by atoms with Crippen molar-refractivity contribution in [1.82, 2.24) is 0 Å². The predicted molar refractivity (Wildman–Crippen MR) is 163 cm³/mol. The molecule has 220 valence electrons. The van der Waals surface area contributed by atoms with Gasteiger partial charge in [0.25, 0.3) is 0 Å². The van der Waals surface area contributed by atoms with Crippen molar-refractivity contribution >= 4 is 17.5 Å². The van der Waals surface area contributed by atoms with E-state index in [1.165, 1.54) is 19.6 Å². The molecule has 0 saturated heterocycles.